The monoisotopic (exact) mass is 281 g/mol. The molecule has 0 radical (unpaired) electrons. The molecule has 0 aliphatic carbocycles. The number of ether oxygens (including phenoxy) is 1. The van der Waals surface area contributed by atoms with Gasteiger partial charge in [-0.2, -0.15) is 0 Å². The predicted octanol–water partition coefficient (Wildman–Crippen LogP) is 2.85. The van der Waals surface area contributed by atoms with Crippen LogP contribution in [0, 0.1) is 6.92 Å². The summed E-state index contributed by atoms with van der Waals surface area (Å²) in [6.07, 6.45) is 0.549. The molecule has 0 heterocycles. The molecule has 1 N–H and O–H groups in total. The quantitative estimate of drug-likeness (QED) is 0.667. The second kappa shape index (κ2) is 6.95. The number of nitrogens with one attached hydrogen (secondary N) is 1. The van der Waals surface area contributed by atoms with Crippen LogP contribution in [0.3, 0.4) is 0 Å². The Morgan fingerprint density at radius 3 is 2.68 bits per heavy atom. The van der Waals surface area contributed by atoms with Gasteiger partial charge in [-0.05, 0) is 24.6 Å². The summed E-state index contributed by atoms with van der Waals surface area (Å²) >= 11 is 5.93. The van der Waals surface area contributed by atoms with E-state index in [-0.39, 0.29) is 12.5 Å². The maximum Gasteiger partial charge on any atom is 0.330 e. The molecule has 0 aromatic heterocycles. The van der Waals surface area contributed by atoms with E-state index in [1.165, 1.54) is 0 Å². The highest BCUT2D eigenvalue weighted by Crippen LogP contribution is 2.16. The normalized spacial score (nSPS) is 9.84. The van der Waals surface area contributed by atoms with Crippen molar-refractivity contribution in [1.29, 1.82) is 0 Å². The van der Waals surface area contributed by atoms with Crippen molar-refractivity contribution in [2.45, 2.75) is 20.3 Å². The zero-order chi connectivity index (χ0) is 14.4. The van der Waals surface area contributed by atoms with Gasteiger partial charge in [0, 0.05) is 17.0 Å². The Morgan fingerprint density at radius 2 is 2.11 bits per heavy atom. The number of esters is 1. The maximum absolute atomic E-state index is 11.8. The van der Waals surface area contributed by atoms with Crippen molar-refractivity contribution in [3.63, 3.8) is 0 Å². The first-order valence-electron chi connectivity index (χ1n) is 5.86. The molecule has 1 aromatic rings. The first kappa shape index (κ1) is 15.2. The van der Waals surface area contributed by atoms with Crippen molar-refractivity contribution in [2.75, 3.05) is 6.54 Å². The van der Waals surface area contributed by atoms with Gasteiger partial charge in [0.2, 0.25) is 0 Å². The summed E-state index contributed by atoms with van der Waals surface area (Å²) in [6.45, 7) is 7.01. The minimum absolute atomic E-state index is 0.205. The lowest BCUT2D eigenvalue weighted by atomic mass is 10.1. The first-order valence-corrected chi connectivity index (χ1v) is 6.24. The summed E-state index contributed by atoms with van der Waals surface area (Å²) < 4.78 is 4.85. The number of benzene rings is 1. The molecule has 0 spiro atoms. The Balaban J connectivity index is 2.53. The molecule has 1 aromatic carbocycles. The Labute approximate surface area is 117 Å². The molecule has 0 aliphatic rings. The van der Waals surface area contributed by atoms with E-state index in [0.717, 1.165) is 5.56 Å². The van der Waals surface area contributed by atoms with Crippen LogP contribution in [-0.4, -0.2) is 18.4 Å². The molecule has 0 atom stereocenters. The number of carbonyl (C=O) groups is 2. The van der Waals surface area contributed by atoms with Crippen LogP contribution in [0.25, 0.3) is 0 Å². The highest BCUT2D eigenvalue weighted by molar-refractivity contribution is 6.31. The largest absolute Gasteiger partial charge is 0.430 e. The lowest BCUT2D eigenvalue weighted by Crippen LogP contribution is -2.30. The van der Waals surface area contributed by atoms with Crippen LogP contribution in [0.2, 0.25) is 5.02 Å². The van der Waals surface area contributed by atoms with Crippen LogP contribution in [0.4, 0.5) is 0 Å². The van der Waals surface area contributed by atoms with E-state index < -0.39 is 5.97 Å². The summed E-state index contributed by atoms with van der Waals surface area (Å²) in [7, 11) is 0. The maximum atomic E-state index is 11.8. The van der Waals surface area contributed by atoms with E-state index in [9.17, 15) is 9.59 Å². The zero-order valence-electron chi connectivity index (χ0n) is 11.0. The molecular weight excluding hydrogens is 266 g/mol. The van der Waals surface area contributed by atoms with Crippen LogP contribution >= 0.6 is 11.6 Å². The molecule has 0 fully saturated rings. The third-order valence-corrected chi connectivity index (χ3v) is 2.89. The molecule has 102 valence electrons. The smallest absolute Gasteiger partial charge is 0.330 e. The van der Waals surface area contributed by atoms with Crippen LogP contribution in [-0.2, 0) is 9.53 Å². The summed E-state index contributed by atoms with van der Waals surface area (Å²) in [5, 5.41) is 2.97. The Morgan fingerprint density at radius 1 is 1.42 bits per heavy atom. The number of allylic oxidation sites excluding steroid dienone is 1. The average Bonchev–Trinajstić information content (AvgIpc) is 2.39. The second-order valence-corrected chi connectivity index (χ2v) is 4.42. The van der Waals surface area contributed by atoms with Gasteiger partial charge in [-0.3, -0.25) is 4.79 Å². The molecule has 19 heavy (non-hydrogen) atoms. The fourth-order valence-corrected chi connectivity index (χ4v) is 1.44. The van der Waals surface area contributed by atoms with Gasteiger partial charge in [-0.25, -0.2) is 4.79 Å². The fourth-order valence-electron chi connectivity index (χ4n) is 1.26. The lowest BCUT2D eigenvalue weighted by Gasteiger charge is -2.07. The molecule has 4 nitrogen and oxygen atoms in total. The average molecular weight is 282 g/mol. The predicted molar refractivity (Wildman–Crippen MR) is 74.0 cm³/mol. The number of hydrogen-bond donors (Lipinski definition) is 1. The number of aryl methyl sites for hydroxylation is 1. The van der Waals surface area contributed by atoms with E-state index in [2.05, 4.69) is 11.9 Å². The Kier molecular flexibility index (Phi) is 5.57. The van der Waals surface area contributed by atoms with Crippen LogP contribution in [0.1, 0.15) is 29.3 Å². The van der Waals surface area contributed by atoms with Crippen molar-refractivity contribution in [2.24, 2.45) is 0 Å². The SMILES string of the molecule is C=C(CC)OC(=O)CNC(=O)c1ccc(C)c(Cl)c1. The number of halogens is 1. The molecular formula is C14H16ClNO3. The molecule has 0 bridgehead atoms. The molecule has 0 unspecified atom stereocenters. The second-order valence-electron chi connectivity index (χ2n) is 4.01. The summed E-state index contributed by atoms with van der Waals surface area (Å²) in [4.78, 5) is 23.1. The van der Waals surface area contributed by atoms with E-state index in [1.54, 1.807) is 18.2 Å². The van der Waals surface area contributed by atoms with Gasteiger partial charge in [0.05, 0.1) is 0 Å². The third kappa shape index (κ3) is 4.75. The van der Waals surface area contributed by atoms with E-state index >= 15 is 0 Å². The number of rotatable bonds is 5. The van der Waals surface area contributed by atoms with Crippen LogP contribution < -0.4 is 5.32 Å². The standard InChI is InChI=1S/C14H16ClNO3/c1-4-10(3)19-13(17)8-16-14(18)11-6-5-9(2)12(15)7-11/h5-7H,3-4,8H2,1-2H3,(H,16,18). The molecule has 1 amide bonds. The lowest BCUT2D eigenvalue weighted by molar-refractivity contribution is -0.138. The minimum atomic E-state index is -0.543. The summed E-state index contributed by atoms with van der Waals surface area (Å²) in [5.74, 6) is -0.544. The summed E-state index contributed by atoms with van der Waals surface area (Å²) in [6, 6.07) is 4.95. The van der Waals surface area contributed by atoms with Gasteiger partial charge in [-0.15, -0.1) is 0 Å². The molecule has 0 aliphatic heterocycles. The van der Waals surface area contributed by atoms with Gasteiger partial charge in [0.1, 0.15) is 12.3 Å². The van der Waals surface area contributed by atoms with E-state index in [4.69, 9.17) is 16.3 Å². The number of amides is 1. The molecule has 1 rings (SSSR count). The van der Waals surface area contributed by atoms with Gasteiger partial charge >= 0.3 is 5.97 Å². The van der Waals surface area contributed by atoms with E-state index in [1.807, 2.05) is 13.8 Å². The van der Waals surface area contributed by atoms with E-state index in [0.29, 0.717) is 22.8 Å². The minimum Gasteiger partial charge on any atom is -0.430 e. The molecule has 5 heteroatoms. The van der Waals surface area contributed by atoms with Crippen molar-refractivity contribution in [3.8, 4) is 0 Å². The third-order valence-electron chi connectivity index (χ3n) is 2.48. The first-order chi connectivity index (χ1) is 8.93. The van der Waals surface area contributed by atoms with Gasteiger partial charge in [0.25, 0.3) is 5.91 Å². The van der Waals surface area contributed by atoms with Crippen molar-refractivity contribution < 1.29 is 14.3 Å². The number of carbonyl (C=O) groups excluding carboxylic acids is 2. The topological polar surface area (TPSA) is 55.4 Å². The van der Waals surface area contributed by atoms with Gasteiger partial charge < -0.3 is 10.1 Å². The molecule has 0 saturated carbocycles. The Hall–Kier alpha value is -1.81. The summed E-state index contributed by atoms with van der Waals surface area (Å²) in [5.41, 5.74) is 1.29. The van der Waals surface area contributed by atoms with Crippen LogP contribution in [0.5, 0.6) is 0 Å². The molecule has 0 saturated heterocycles. The number of hydrogen-bond acceptors (Lipinski definition) is 3. The highest BCUT2D eigenvalue weighted by atomic mass is 35.5. The van der Waals surface area contributed by atoms with Crippen molar-refractivity contribution in [3.05, 3.63) is 46.7 Å². The van der Waals surface area contributed by atoms with Crippen molar-refractivity contribution >= 4 is 23.5 Å². The van der Waals surface area contributed by atoms with Gasteiger partial charge in [0.15, 0.2) is 0 Å². The fraction of sp³-hybridized carbons (Fsp3) is 0.286. The zero-order valence-corrected chi connectivity index (χ0v) is 11.7. The van der Waals surface area contributed by atoms with Gasteiger partial charge in [-0.1, -0.05) is 31.2 Å². The highest BCUT2D eigenvalue weighted by Gasteiger charge is 2.10. The van der Waals surface area contributed by atoms with Crippen molar-refractivity contribution in [1.82, 2.24) is 5.32 Å². The Bertz CT molecular complexity index is 511. The van der Waals surface area contributed by atoms with Crippen LogP contribution in [0.15, 0.2) is 30.5 Å².